The van der Waals surface area contributed by atoms with Crippen LogP contribution in [0.1, 0.15) is 59.5 Å². The summed E-state index contributed by atoms with van der Waals surface area (Å²) >= 11 is 0. The molecule has 3 aromatic rings. The molecule has 1 unspecified atom stereocenters. The van der Waals surface area contributed by atoms with Crippen molar-refractivity contribution in [2.45, 2.75) is 58.4 Å². The average Bonchev–Trinajstić information content (AvgIpc) is 3.42. The van der Waals surface area contributed by atoms with Crippen molar-refractivity contribution < 1.29 is 14.3 Å². The van der Waals surface area contributed by atoms with Gasteiger partial charge in [-0.05, 0) is 57.2 Å². The Labute approximate surface area is 187 Å². The predicted molar refractivity (Wildman–Crippen MR) is 118 cm³/mol. The normalized spacial score (nSPS) is 16.5. The van der Waals surface area contributed by atoms with E-state index in [0.717, 1.165) is 42.8 Å². The van der Waals surface area contributed by atoms with Gasteiger partial charge in [0.2, 0.25) is 0 Å². The highest BCUT2D eigenvalue weighted by Crippen LogP contribution is 2.22. The van der Waals surface area contributed by atoms with Crippen molar-refractivity contribution in [3.63, 3.8) is 0 Å². The maximum Gasteiger partial charge on any atom is 0.306 e. The Bertz CT molecular complexity index is 1120. The molecule has 4 rings (SSSR count). The zero-order valence-electron chi connectivity index (χ0n) is 19.0. The number of hydrogen-bond donors (Lipinski definition) is 0. The van der Waals surface area contributed by atoms with E-state index in [0.29, 0.717) is 30.9 Å². The number of aryl methyl sites for hydroxylation is 3. The number of piperidine rings is 1. The molecule has 0 N–H and O–H groups in total. The van der Waals surface area contributed by atoms with Crippen LogP contribution in [0.4, 0.5) is 0 Å². The fourth-order valence-electron chi connectivity index (χ4n) is 4.52. The third-order valence-electron chi connectivity index (χ3n) is 6.33. The second kappa shape index (κ2) is 9.50. The van der Waals surface area contributed by atoms with E-state index in [1.807, 2.05) is 48.7 Å². The lowest BCUT2D eigenvalue weighted by atomic mass is 9.99. The molecule has 1 aliphatic heterocycles. The molecule has 1 amide bonds. The molecule has 32 heavy (non-hydrogen) atoms. The summed E-state index contributed by atoms with van der Waals surface area (Å²) in [7, 11) is 1.88. The highest BCUT2D eigenvalue weighted by Gasteiger charge is 2.28. The van der Waals surface area contributed by atoms with Gasteiger partial charge in [-0.3, -0.25) is 9.59 Å². The lowest BCUT2D eigenvalue weighted by Crippen LogP contribution is -2.44. The fourth-order valence-corrected chi connectivity index (χ4v) is 4.52. The fraction of sp³-hybridized carbons (Fsp3) is 0.522. The number of amides is 1. The van der Waals surface area contributed by atoms with Crippen LogP contribution in [-0.2, 0) is 23.0 Å². The number of fused-ring (bicyclic) bond motifs is 1. The average molecular weight is 439 g/mol. The van der Waals surface area contributed by atoms with Crippen LogP contribution in [0.15, 0.2) is 24.7 Å². The first-order valence-corrected chi connectivity index (χ1v) is 11.2. The third kappa shape index (κ3) is 4.51. The minimum absolute atomic E-state index is 0.0514. The molecule has 0 spiro atoms. The van der Waals surface area contributed by atoms with Crippen molar-refractivity contribution in [3.05, 3.63) is 47.3 Å². The highest BCUT2D eigenvalue weighted by atomic mass is 16.5. The summed E-state index contributed by atoms with van der Waals surface area (Å²) in [4.78, 5) is 35.9. The Morgan fingerprint density at radius 1 is 1.25 bits per heavy atom. The molecule has 0 saturated carbocycles. The zero-order chi connectivity index (χ0) is 22.7. The Morgan fingerprint density at radius 2 is 2.09 bits per heavy atom. The molecule has 1 aliphatic rings. The smallest absolute Gasteiger partial charge is 0.306 e. The maximum atomic E-state index is 13.0. The molecule has 3 aromatic heterocycles. The van der Waals surface area contributed by atoms with Crippen LogP contribution in [0.2, 0.25) is 0 Å². The lowest BCUT2D eigenvalue weighted by Gasteiger charge is -2.35. The molecular weight excluding hydrogens is 408 g/mol. The molecular formula is C23H30N6O3. The van der Waals surface area contributed by atoms with E-state index in [2.05, 4.69) is 15.1 Å². The molecule has 1 atom stereocenters. The molecule has 170 valence electrons. The molecule has 0 aromatic carbocycles. The van der Waals surface area contributed by atoms with Gasteiger partial charge in [0.05, 0.1) is 6.61 Å². The van der Waals surface area contributed by atoms with Crippen LogP contribution < -0.4 is 0 Å². The first-order chi connectivity index (χ1) is 15.5. The van der Waals surface area contributed by atoms with Gasteiger partial charge >= 0.3 is 5.97 Å². The van der Waals surface area contributed by atoms with Gasteiger partial charge in [-0.15, -0.1) is 0 Å². The van der Waals surface area contributed by atoms with Gasteiger partial charge in [0.1, 0.15) is 12.0 Å². The van der Waals surface area contributed by atoms with E-state index in [-0.39, 0.29) is 24.3 Å². The Kier molecular flexibility index (Phi) is 6.53. The van der Waals surface area contributed by atoms with E-state index in [4.69, 9.17) is 4.74 Å². The number of hydrogen-bond acceptors (Lipinski definition) is 6. The summed E-state index contributed by atoms with van der Waals surface area (Å²) in [6.45, 7) is 4.94. The first kappa shape index (κ1) is 22.0. The van der Waals surface area contributed by atoms with Crippen LogP contribution >= 0.6 is 0 Å². The molecule has 9 nitrogen and oxygen atoms in total. The largest absolute Gasteiger partial charge is 0.466 e. The van der Waals surface area contributed by atoms with Gasteiger partial charge in [-0.25, -0.2) is 9.50 Å². The summed E-state index contributed by atoms with van der Waals surface area (Å²) in [6.07, 6.45) is 7.88. The predicted octanol–water partition coefficient (Wildman–Crippen LogP) is 2.64. The van der Waals surface area contributed by atoms with Crippen molar-refractivity contribution in [2.75, 3.05) is 13.2 Å². The number of rotatable bonds is 7. The van der Waals surface area contributed by atoms with Crippen molar-refractivity contribution in [1.82, 2.24) is 29.0 Å². The Hall–Kier alpha value is -3.23. The number of esters is 1. The lowest BCUT2D eigenvalue weighted by molar-refractivity contribution is -0.144. The molecule has 1 fully saturated rings. The summed E-state index contributed by atoms with van der Waals surface area (Å²) in [6, 6.07) is 3.83. The summed E-state index contributed by atoms with van der Waals surface area (Å²) < 4.78 is 9.06. The van der Waals surface area contributed by atoms with Crippen LogP contribution in [0.25, 0.3) is 5.78 Å². The number of carbonyl (C=O) groups excluding carboxylic acids is 2. The Balaban J connectivity index is 1.29. The highest BCUT2D eigenvalue weighted by molar-refractivity contribution is 5.93. The van der Waals surface area contributed by atoms with E-state index >= 15 is 0 Å². The number of nitrogens with zero attached hydrogens (tertiary/aromatic N) is 6. The molecule has 9 heteroatoms. The van der Waals surface area contributed by atoms with E-state index < -0.39 is 0 Å². The van der Waals surface area contributed by atoms with Crippen molar-refractivity contribution in [1.29, 1.82) is 0 Å². The van der Waals surface area contributed by atoms with Crippen LogP contribution in [0.5, 0.6) is 0 Å². The van der Waals surface area contributed by atoms with E-state index in [1.54, 1.807) is 4.52 Å². The van der Waals surface area contributed by atoms with Crippen LogP contribution in [0, 0.1) is 13.8 Å². The van der Waals surface area contributed by atoms with Crippen molar-refractivity contribution in [3.8, 4) is 0 Å². The number of aromatic nitrogens is 5. The molecule has 0 aliphatic carbocycles. The maximum absolute atomic E-state index is 13.0. The van der Waals surface area contributed by atoms with Crippen LogP contribution in [0.3, 0.4) is 0 Å². The topological polar surface area (TPSA) is 94.6 Å². The number of ether oxygens (including phenoxy) is 1. The summed E-state index contributed by atoms with van der Waals surface area (Å²) in [5.41, 5.74) is 3.48. The monoisotopic (exact) mass is 438 g/mol. The SMILES string of the molecule is Cc1nc2ncnn2c(C)c1CCC(=O)OCCC1CCCCN1C(=O)c1cccn1C. The van der Waals surface area contributed by atoms with Gasteiger partial charge in [0.15, 0.2) is 0 Å². The second-order valence-corrected chi connectivity index (χ2v) is 8.39. The summed E-state index contributed by atoms with van der Waals surface area (Å²) in [5, 5.41) is 4.19. The molecule has 0 bridgehead atoms. The quantitative estimate of drug-likeness (QED) is 0.527. The summed E-state index contributed by atoms with van der Waals surface area (Å²) in [5.74, 6) is 0.377. The van der Waals surface area contributed by atoms with Gasteiger partial charge in [0, 0.05) is 50.1 Å². The van der Waals surface area contributed by atoms with Gasteiger partial charge in [-0.1, -0.05) is 0 Å². The minimum Gasteiger partial charge on any atom is -0.466 e. The van der Waals surface area contributed by atoms with E-state index in [1.165, 1.54) is 6.33 Å². The third-order valence-corrected chi connectivity index (χ3v) is 6.33. The van der Waals surface area contributed by atoms with Gasteiger partial charge in [0.25, 0.3) is 11.7 Å². The van der Waals surface area contributed by atoms with Crippen molar-refractivity contribution >= 4 is 17.7 Å². The van der Waals surface area contributed by atoms with Gasteiger partial charge in [-0.2, -0.15) is 10.1 Å². The second-order valence-electron chi connectivity index (χ2n) is 8.39. The number of carbonyl (C=O) groups is 2. The van der Waals surface area contributed by atoms with Crippen molar-refractivity contribution in [2.24, 2.45) is 7.05 Å². The first-order valence-electron chi connectivity index (χ1n) is 11.2. The standard InChI is InChI=1S/C23H30N6O3/c1-16-19(17(2)29-23(26-16)24-15-25-29)9-10-21(30)32-14-11-18-7-4-5-13-28(18)22(31)20-8-6-12-27(20)3/h6,8,12,15,18H,4-5,7,9-11,13-14H2,1-3H3. The van der Waals surface area contributed by atoms with Crippen LogP contribution in [-0.4, -0.2) is 60.1 Å². The van der Waals surface area contributed by atoms with E-state index in [9.17, 15) is 9.59 Å². The molecule has 4 heterocycles. The zero-order valence-corrected chi connectivity index (χ0v) is 19.0. The molecule has 0 radical (unpaired) electrons. The molecule has 1 saturated heterocycles. The minimum atomic E-state index is -0.237. The van der Waals surface area contributed by atoms with Gasteiger partial charge < -0.3 is 14.2 Å². The Morgan fingerprint density at radius 3 is 2.88 bits per heavy atom. The number of likely N-dealkylation sites (tertiary alicyclic amines) is 1.